The van der Waals surface area contributed by atoms with E-state index < -0.39 is 40.7 Å². The number of halogens is 6. The maximum atomic E-state index is 15.2. The van der Waals surface area contributed by atoms with E-state index in [1.54, 1.807) is 42.5 Å². The summed E-state index contributed by atoms with van der Waals surface area (Å²) < 4.78 is 92.1. The van der Waals surface area contributed by atoms with Gasteiger partial charge in [0.05, 0.1) is 0 Å². The van der Waals surface area contributed by atoms with Gasteiger partial charge in [0, 0.05) is 10.9 Å². The summed E-state index contributed by atoms with van der Waals surface area (Å²) in [4.78, 5) is 0. The summed E-state index contributed by atoms with van der Waals surface area (Å²) in [6, 6.07) is 19.4. The van der Waals surface area contributed by atoms with Gasteiger partial charge >= 0.3 is 0 Å². The summed E-state index contributed by atoms with van der Waals surface area (Å²) in [5.41, 5.74) is 3.12. The molecule has 0 saturated heterocycles. The third-order valence-corrected chi connectivity index (χ3v) is 8.96. The molecule has 232 valence electrons. The third-order valence-electron chi connectivity index (χ3n) is 8.96. The summed E-state index contributed by atoms with van der Waals surface area (Å²) >= 11 is 0. The molecular weight excluding hydrogens is 586 g/mol. The van der Waals surface area contributed by atoms with Gasteiger partial charge in [0.15, 0.2) is 34.8 Å². The van der Waals surface area contributed by atoms with E-state index in [9.17, 15) is 13.2 Å². The SMILES string of the molecule is CCCC1CCC(c2ccc(-c3cc(F)c(OCc4ccc(-c5ccc6c(F)c(F)c(F)cc6c5)cc4)c(F)c3)c(F)c2)CC1. The minimum Gasteiger partial charge on any atom is -0.483 e. The van der Waals surface area contributed by atoms with Crippen LogP contribution in [0.25, 0.3) is 33.0 Å². The molecule has 0 aliphatic heterocycles. The first kappa shape index (κ1) is 30.8. The van der Waals surface area contributed by atoms with Gasteiger partial charge in [-0.25, -0.2) is 26.3 Å². The molecule has 1 aliphatic rings. The predicted molar refractivity (Wildman–Crippen MR) is 165 cm³/mol. The molecule has 0 unspecified atom stereocenters. The van der Waals surface area contributed by atoms with Gasteiger partial charge in [0.2, 0.25) is 0 Å². The second-order valence-corrected chi connectivity index (χ2v) is 11.9. The lowest BCUT2D eigenvalue weighted by molar-refractivity contribution is 0.274. The van der Waals surface area contributed by atoms with Crippen molar-refractivity contribution < 1.29 is 31.1 Å². The van der Waals surface area contributed by atoms with Crippen LogP contribution >= 0.6 is 0 Å². The molecule has 1 nitrogen and oxygen atoms in total. The zero-order valence-corrected chi connectivity index (χ0v) is 24.8. The van der Waals surface area contributed by atoms with Gasteiger partial charge in [-0.3, -0.25) is 0 Å². The largest absolute Gasteiger partial charge is 0.483 e. The smallest absolute Gasteiger partial charge is 0.195 e. The lowest BCUT2D eigenvalue weighted by Crippen LogP contribution is -2.13. The predicted octanol–water partition coefficient (Wildman–Crippen LogP) is 11.7. The molecule has 45 heavy (non-hydrogen) atoms. The Labute approximate surface area is 258 Å². The fourth-order valence-corrected chi connectivity index (χ4v) is 6.50. The van der Waals surface area contributed by atoms with Crippen LogP contribution in [0.4, 0.5) is 26.3 Å². The number of hydrogen-bond acceptors (Lipinski definition) is 1. The van der Waals surface area contributed by atoms with Crippen molar-refractivity contribution in [1.82, 2.24) is 0 Å². The summed E-state index contributed by atoms with van der Waals surface area (Å²) in [5.74, 6) is -5.93. The highest BCUT2D eigenvalue weighted by Crippen LogP contribution is 2.39. The van der Waals surface area contributed by atoms with E-state index in [1.165, 1.54) is 25.0 Å². The van der Waals surface area contributed by atoms with Crippen LogP contribution in [0.3, 0.4) is 0 Å². The van der Waals surface area contributed by atoms with E-state index in [0.29, 0.717) is 22.6 Å². The fraction of sp³-hybridized carbons (Fsp3) is 0.263. The standard InChI is InChI=1S/C38H32F6O/c1-2-3-22-4-8-25(9-5-22)27-12-14-30(32(39)17-27)29-19-34(41)38(35(42)20-29)45-21-23-6-10-24(11-7-23)26-13-15-31-28(16-26)18-33(40)37(44)36(31)43/h6-7,10-20,22,25H,2-5,8-9,21H2,1H3. The van der Waals surface area contributed by atoms with Crippen molar-refractivity contribution in [3.63, 3.8) is 0 Å². The minimum atomic E-state index is -1.52. The van der Waals surface area contributed by atoms with Crippen molar-refractivity contribution in [3.8, 4) is 28.0 Å². The maximum absolute atomic E-state index is 15.2. The van der Waals surface area contributed by atoms with Crippen LogP contribution in [0.1, 0.15) is 62.5 Å². The third kappa shape index (κ3) is 6.44. The molecule has 0 heterocycles. The Morgan fingerprint density at radius 1 is 0.622 bits per heavy atom. The number of hydrogen-bond donors (Lipinski definition) is 0. The van der Waals surface area contributed by atoms with Crippen LogP contribution in [0, 0.1) is 40.8 Å². The van der Waals surface area contributed by atoms with Gasteiger partial charge < -0.3 is 4.74 Å². The van der Waals surface area contributed by atoms with Crippen molar-refractivity contribution in [2.24, 2.45) is 5.92 Å². The van der Waals surface area contributed by atoms with E-state index in [0.717, 1.165) is 55.4 Å². The van der Waals surface area contributed by atoms with Gasteiger partial charge in [-0.1, -0.05) is 68.3 Å². The van der Waals surface area contributed by atoms with Gasteiger partial charge in [-0.15, -0.1) is 0 Å². The molecule has 0 spiro atoms. The fourth-order valence-electron chi connectivity index (χ4n) is 6.50. The second kappa shape index (κ2) is 13.0. The van der Waals surface area contributed by atoms with Crippen molar-refractivity contribution in [2.45, 2.75) is 58.0 Å². The van der Waals surface area contributed by atoms with Crippen LogP contribution in [0.2, 0.25) is 0 Å². The van der Waals surface area contributed by atoms with Crippen molar-refractivity contribution in [1.29, 1.82) is 0 Å². The molecular formula is C38H32F6O. The highest BCUT2D eigenvalue weighted by molar-refractivity contribution is 5.88. The van der Waals surface area contributed by atoms with Crippen molar-refractivity contribution >= 4 is 10.8 Å². The Balaban J connectivity index is 1.13. The van der Waals surface area contributed by atoms with Gasteiger partial charge in [0.25, 0.3) is 0 Å². The first-order valence-corrected chi connectivity index (χ1v) is 15.3. The van der Waals surface area contributed by atoms with Crippen molar-refractivity contribution in [3.05, 3.63) is 125 Å². The Kier molecular flexibility index (Phi) is 8.88. The van der Waals surface area contributed by atoms with Crippen LogP contribution in [-0.4, -0.2) is 0 Å². The van der Waals surface area contributed by atoms with Crippen LogP contribution in [-0.2, 0) is 6.61 Å². The normalized spacial score (nSPS) is 16.7. The molecule has 0 N–H and O–H groups in total. The maximum Gasteiger partial charge on any atom is 0.195 e. The molecule has 0 amide bonds. The van der Waals surface area contributed by atoms with Crippen LogP contribution < -0.4 is 4.74 Å². The lowest BCUT2D eigenvalue weighted by Gasteiger charge is -2.28. The molecule has 0 atom stereocenters. The highest BCUT2D eigenvalue weighted by atomic mass is 19.2. The van der Waals surface area contributed by atoms with Crippen LogP contribution in [0.5, 0.6) is 5.75 Å². The number of benzene rings is 5. The van der Waals surface area contributed by atoms with Gasteiger partial charge in [-0.2, -0.15) is 0 Å². The average Bonchev–Trinajstić information content (AvgIpc) is 3.04. The number of fused-ring (bicyclic) bond motifs is 1. The van der Waals surface area contributed by atoms with Crippen molar-refractivity contribution in [2.75, 3.05) is 0 Å². The molecule has 1 saturated carbocycles. The summed E-state index contributed by atoms with van der Waals surface area (Å²) in [7, 11) is 0. The Bertz CT molecular complexity index is 1820. The molecule has 0 aromatic heterocycles. The highest BCUT2D eigenvalue weighted by Gasteiger charge is 2.23. The van der Waals surface area contributed by atoms with Crippen LogP contribution in [0.15, 0.2) is 78.9 Å². The zero-order valence-electron chi connectivity index (χ0n) is 24.8. The van der Waals surface area contributed by atoms with E-state index in [4.69, 9.17) is 4.74 Å². The van der Waals surface area contributed by atoms with E-state index in [1.807, 2.05) is 6.07 Å². The number of rotatable bonds is 8. The molecule has 5 aromatic rings. The van der Waals surface area contributed by atoms with E-state index in [-0.39, 0.29) is 28.5 Å². The summed E-state index contributed by atoms with van der Waals surface area (Å²) in [6.45, 7) is 2.06. The van der Waals surface area contributed by atoms with E-state index in [2.05, 4.69) is 6.92 Å². The summed E-state index contributed by atoms with van der Waals surface area (Å²) in [6.07, 6.45) is 6.74. The van der Waals surface area contributed by atoms with Gasteiger partial charge in [-0.05, 0) is 101 Å². The lowest BCUT2D eigenvalue weighted by atomic mass is 9.77. The molecule has 6 rings (SSSR count). The monoisotopic (exact) mass is 618 g/mol. The first-order chi connectivity index (χ1) is 21.7. The second-order valence-electron chi connectivity index (χ2n) is 11.9. The molecule has 5 aromatic carbocycles. The zero-order chi connectivity index (χ0) is 31.7. The Morgan fingerprint density at radius 3 is 1.98 bits per heavy atom. The molecule has 0 bridgehead atoms. The molecule has 1 aliphatic carbocycles. The van der Waals surface area contributed by atoms with E-state index >= 15 is 13.2 Å². The molecule has 7 heteroatoms. The summed E-state index contributed by atoms with van der Waals surface area (Å²) in [5, 5.41) is 0.184. The molecule has 0 radical (unpaired) electrons. The first-order valence-electron chi connectivity index (χ1n) is 15.3. The Hall–Kier alpha value is -4.26. The average molecular weight is 619 g/mol. The Morgan fingerprint density at radius 2 is 1.31 bits per heavy atom. The number of ether oxygens (including phenoxy) is 1. The topological polar surface area (TPSA) is 9.23 Å². The van der Waals surface area contributed by atoms with Gasteiger partial charge in [0.1, 0.15) is 12.4 Å². The quantitative estimate of drug-likeness (QED) is 0.124. The molecule has 1 fully saturated rings. The minimum absolute atomic E-state index is 0.0302.